The zero-order chi connectivity index (χ0) is 18.4. The van der Waals surface area contributed by atoms with Gasteiger partial charge in [0, 0.05) is 19.6 Å². The Hall–Kier alpha value is -0.600. The number of rotatable bonds is 14. The van der Waals surface area contributed by atoms with Crippen molar-refractivity contribution in [1.29, 1.82) is 0 Å². The van der Waals surface area contributed by atoms with E-state index in [-0.39, 0.29) is 0 Å². The van der Waals surface area contributed by atoms with Crippen molar-refractivity contribution in [3.8, 4) is 0 Å². The average Bonchev–Trinajstić information content (AvgIpc) is 2.47. The van der Waals surface area contributed by atoms with Crippen LogP contribution >= 0.6 is 0 Å². The van der Waals surface area contributed by atoms with Crippen LogP contribution in [0.1, 0.15) is 93.4 Å². The first-order valence-corrected chi connectivity index (χ1v) is 9.92. The summed E-state index contributed by atoms with van der Waals surface area (Å²) in [4.78, 5) is 0. The molecule has 142 valence electrons. The Kier molecular flexibility index (Phi) is 13.3. The smallest absolute Gasteiger partial charge is 0.165 e. The third-order valence-corrected chi connectivity index (χ3v) is 4.37. The highest BCUT2D eigenvalue weighted by atomic mass is 16.7. The van der Waals surface area contributed by atoms with Gasteiger partial charge in [-0.05, 0) is 72.6 Å². The summed E-state index contributed by atoms with van der Waals surface area (Å²) in [6, 6.07) is 0. The molecule has 0 spiro atoms. The lowest BCUT2D eigenvalue weighted by Gasteiger charge is -2.28. The topological polar surface area (TPSA) is 18.5 Å². The molecular weight excluding hydrogens is 296 g/mol. The van der Waals surface area contributed by atoms with E-state index >= 15 is 0 Å². The summed E-state index contributed by atoms with van der Waals surface area (Å²) < 4.78 is 11.5. The van der Waals surface area contributed by atoms with Crippen molar-refractivity contribution in [1.82, 2.24) is 0 Å². The molecule has 2 heteroatoms. The molecule has 0 aromatic rings. The molecule has 0 heterocycles. The van der Waals surface area contributed by atoms with Crippen molar-refractivity contribution in [2.75, 3.05) is 13.2 Å². The first kappa shape index (κ1) is 23.4. The fraction of sp³-hybridized carbons (Fsp3) is 0.818. The molecular formula is C22H42O2. The van der Waals surface area contributed by atoms with Gasteiger partial charge in [-0.25, -0.2) is 0 Å². The van der Waals surface area contributed by atoms with Gasteiger partial charge >= 0.3 is 0 Å². The quantitative estimate of drug-likeness (QED) is 0.249. The molecule has 0 saturated heterocycles. The molecule has 0 atom stereocenters. The Bertz CT molecular complexity index is 360. The molecule has 0 aromatic carbocycles. The van der Waals surface area contributed by atoms with Gasteiger partial charge in [-0.15, -0.1) is 0 Å². The van der Waals surface area contributed by atoms with Gasteiger partial charge in [-0.3, -0.25) is 0 Å². The van der Waals surface area contributed by atoms with Crippen LogP contribution < -0.4 is 0 Å². The van der Waals surface area contributed by atoms with Gasteiger partial charge in [0.1, 0.15) is 0 Å². The first-order chi connectivity index (χ1) is 11.3. The van der Waals surface area contributed by atoms with Crippen molar-refractivity contribution >= 4 is 0 Å². The molecule has 0 aliphatic heterocycles. The van der Waals surface area contributed by atoms with E-state index in [1.165, 1.54) is 24.8 Å². The Balaban J connectivity index is 4.09. The standard InChI is InChI=1S/C22H42O2/c1-8-23-22(7,24-9-2)18-12-17-21(6)16-11-15-20(5)14-10-13-19(3)4/h15,17,19H,8-14,16,18H2,1-7H3/b20-15+,21-17+. The third-order valence-electron chi connectivity index (χ3n) is 4.37. The Morgan fingerprint density at radius 1 is 0.917 bits per heavy atom. The SMILES string of the molecule is CCOC(C)(CC/C=C(\C)CC/C=C(\C)CCCC(C)C)OCC. The minimum Gasteiger partial charge on any atom is -0.351 e. The molecule has 0 aliphatic rings. The second kappa shape index (κ2) is 13.7. The van der Waals surface area contributed by atoms with Crippen LogP contribution in [0.5, 0.6) is 0 Å². The number of allylic oxidation sites excluding steroid dienone is 4. The minimum atomic E-state index is -0.437. The zero-order valence-corrected chi connectivity index (χ0v) is 17.4. The van der Waals surface area contributed by atoms with Crippen LogP contribution in [0, 0.1) is 5.92 Å². The maximum Gasteiger partial charge on any atom is 0.165 e. The van der Waals surface area contributed by atoms with E-state index in [9.17, 15) is 0 Å². The van der Waals surface area contributed by atoms with Crippen LogP contribution in [-0.2, 0) is 9.47 Å². The molecule has 0 N–H and O–H groups in total. The van der Waals surface area contributed by atoms with Gasteiger partial charge in [-0.2, -0.15) is 0 Å². The molecule has 24 heavy (non-hydrogen) atoms. The molecule has 0 fully saturated rings. The average molecular weight is 339 g/mol. The van der Waals surface area contributed by atoms with E-state index in [4.69, 9.17) is 9.47 Å². The predicted molar refractivity (Wildman–Crippen MR) is 106 cm³/mol. The van der Waals surface area contributed by atoms with Gasteiger partial charge in [0.2, 0.25) is 0 Å². The lowest BCUT2D eigenvalue weighted by molar-refractivity contribution is -0.223. The van der Waals surface area contributed by atoms with E-state index in [0.29, 0.717) is 13.2 Å². The van der Waals surface area contributed by atoms with E-state index < -0.39 is 5.79 Å². The lowest BCUT2D eigenvalue weighted by Crippen LogP contribution is -2.32. The van der Waals surface area contributed by atoms with Crippen LogP contribution in [0.3, 0.4) is 0 Å². The lowest BCUT2D eigenvalue weighted by atomic mass is 10.0. The minimum absolute atomic E-state index is 0.437. The van der Waals surface area contributed by atoms with Crippen molar-refractivity contribution in [3.05, 3.63) is 23.3 Å². The highest BCUT2D eigenvalue weighted by Crippen LogP contribution is 2.21. The second-order valence-corrected chi connectivity index (χ2v) is 7.46. The fourth-order valence-corrected chi connectivity index (χ4v) is 2.92. The summed E-state index contributed by atoms with van der Waals surface area (Å²) in [7, 11) is 0. The van der Waals surface area contributed by atoms with Crippen LogP contribution in [0.15, 0.2) is 23.3 Å². The molecule has 0 amide bonds. The van der Waals surface area contributed by atoms with Crippen molar-refractivity contribution in [3.63, 3.8) is 0 Å². The Morgan fingerprint density at radius 2 is 1.46 bits per heavy atom. The summed E-state index contributed by atoms with van der Waals surface area (Å²) >= 11 is 0. The van der Waals surface area contributed by atoms with E-state index in [0.717, 1.165) is 31.6 Å². The molecule has 0 unspecified atom stereocenters. The summed E-state index contributed by atoms with van der Waals surface area (Å²) in [6.07, 6.45) is 12.9. The number of hydrogen-bond donors (Lipinski definition) is 0. The number of ether oxygens (including phenoxy) is 2. The van der Waals surface area contributed by atoms with Crippen LogP contribution in [0.25, 0.3) is 0 Å². The van der Waals surface area contributed by atoms with Crippen LogP contribution in [0.4, 0.5) is 0 Å². The van der Waals surface area contributed by atoms with Crippen molar-refractivity contribution in [2.24, 2.45) is 5.92 Å². The molecule has 0 bridgehead atoms. The molecule has 0 aromatic heterocycles. The van der Waals surface area contributed by atoms with Gasteiger partial charge in [0.15, 0.2) is 5.79 Å². The highest BCUT2D eigenvalue weighted by Gasteiger charge is 2.23. The predicted octanol–water partition coefficient (Wildman–Crippen LogP) is 7.05. The molecule has 0 radical (unpaired) electrons. The summed E-state index contributed by atoms with van der Waals surface area (Å²) in [5, 5.41) is 0. The van der Waals surface area contributed by atoms with Crippen molar-refractivity contribution < 1.29 is 9.47 Å². The third kappa shape index (κ3) is 12.8. The maximum absolute atomic E-state index is 5.76. The maximum atomic E-state index is 5.76. The van der Waals surface area contributed by atoms with E-state index in [2.05, 4.69) is 39.8 Å². The largest absolute Gasteiger partial charge is 0.351 e. The normalized spacial score (nSPS) is 13.8. The van der Waals surface area contributed by atoms with Gasteiger partial charge in [-0.1, -0.05) is 43.6 Å². The summed E-state index contributed by atoms with van der Waals surface area (Å²) in [6.45, 7) is 16.6. The second-order valence-electron chi connectivity index (χ2n) is 7.46. The molecule has 0 rings (SSSR count). The van der Waals surface area contributed by atoms with Gasteiger partial charge in [0.25, 0.3) is 0 Å². The molecule has 0 aliphatic carbocycles. The van der Waals surface area contributed by atoms with Gasteiger partial charge < -0.3 is 9.47 Å². The molecule has 2 nitrogen and oxygen atoms in total. The first-order valence-electron chi connectivity index (χ1n) is 9.92. The Morgan fingerprint density at radius 3 is 2.00 bits per heavy atom. The number of hydrogen-bond acceptors (Lipinski definition) is 2. The van der Waals surface area contributed by atoms with Crippen molar-refractivity contribution in [2.45, 2.75) is 99.2 Å². The van der Waals surface area contributed by atoms with Crippen LogP contribution in [0.2, 0.25) is 0 Å². The van der Waals surface area contributed by atoms with E-state index in [1.54, 1.807) is 5.57 Å². The molecule has 0 saturated carbocycles. The summed E-state index contributed by atoms with van der Waals surface area (Å²) in [5.41, 5.74) is 3.01. The Labute approximate surface area is 151 Å². The highest BCUT2D eigenvalue weighted by molar-refractivity contribution is 5.03. The fourth-order valence-electron chi connectivity index (χ4n) is 2.92. The monoisotopic (exact) mass is 338 g/mol. The van der Waals surface area contributed by atoms with Crippen LogP contribution in [-0.4, -0.2) is 19.0 Å². The zero-order valence-electron chi connectivity index (χ0n) is 17.4. The van der Waals surface area contributed by atoms with E-state index in [1.807, 2.05) is 20.8 Å². The van der Waals surface area contributed by atoms with Gasteiger partial charge in [0.05, 0.1) is 0 Å². The summed E-state index contributed by atoms with van der Waals surface area (Å²) in [5.74, 6) is 0.384.